The predicted molar refractivity (Wildman–Crippen MR) is 102 cm³/mol. The predicted octanol–water partition coefficient (Wildman–Crippen LogP) is 3.58. The standard InChI is InChI=1S/C20H26N2O2S/c1-15-5-4-8-17(13-15)22-18(23)14-25-20(22)9-11-21(12-10-20)19(24)16-6-2-3-7-16/h4-5,8,13,16H,2-3,6-7,9-12,14H2,1H3. The maximum Gasteiger partial charge on any atom is 0.238 e. The second-order valence-electron chi connectivity index (χ2n) is 7.61. The van der Waals surface area contributed by atoms with Crippen LogP contribution in [0.25, 0.3) is 0 Å². The first-order chi connectivity index (χ1) is 12.1. The lowest BCUT2D eigenvalue weighted by Crippen LogP contribution is -2.53. The second kappa shape index (κ2) is 6.67. The molecular formula is C20H26N2O2S. The van der Waals surface area contributed by atoms with E-state index in [2.05, 4.69) is 24.0 Å². The van der Waals surface area contributed by atoms with Gasteiger partial charge in [-0.05, 0) is 50.3 Å². The molecule has 2 saturated heterocycles. The molecule has 25 heavy (non-hydrogen) atoms. The lowest BCUT2D eigenvalue weighted by molar-refractivity contribution is -0.136. The van der Waals surface area contributed by atoms with E-state index in [1.807, 2.05) is 17.0 Å². The Labute approximate surface area is 153 Å². The summed E-state index contributed by atoms with van der Waals surface area (Å²) in [7, 11) is 0. The summed E-state index contributed by atoms with van der Waals surface area (Å²) >= 11 is 1.77. The summed E-state index contributed by atoms with van der Waals surface area (Å²) < 4.78 is 0. The Morgan fingerprint density at radius 2 is 1.92 bits per heavy atom. The minimum Gasteiger partial charge on any atom is -0.342 e. The van der Waals surface area contributed by atoms with Crippen molar-refractivity contribution >= 4 is 29.3 Å². The lowest BCUT2D eigenvalue weighted by atomic mass is 9.98. The van der Waals surface area contributed by atoms with Crippen LogP contribution in [0.1, 0.15) is 44.1 Å². The molecule has 0 atom stereocenters. The van der Waals surface area contributed by atoms with Crippen LogP contribution in [0.3, 0.4) is 0 Å². The number of carbonyl (C=O) groups excluding carboxylic acids is 2. The topological polar surface area (TPSA) is 40.6 Å². The molecule has 1 saturated carbocycles. The van der Waals surface area contributed by atoms with Crippen LogP contribution >= 0.6 is 11.8 Å². The van der Waals surface area contributed by atoms with Crippen LogP contribution in [0, 0.1) is 12.8 Å². The van der Waals surface area contributed by atoms with E-state index < -0.39 is 0 Å². The molecule has 3 fully saturated rings. The summed E-state index contributed by atoms with van der Waals surface area (Å²) in [6.07, 6.45) is 6.25. The molecule has 134 valence electrons. The maximum atomic E-state index is 12.7. The minimum atomic E-state index is -0.169. The molecular weight excluding hydrogens is 332 g/mol. The molecule has 0 radical (unpaired) electrons. The van der Waals surface area contributed by atoms with Crippen LogP contribution < -0.4 is 4.90 Å². The summed E-state index contributed by atoms with van der Waals surface area (Å²) in [6.45, 7) is 3.61. The monoisotopic (exact) mass is 358 g/mol. The first-order valence-corrected chi connectivity index (χ1v) is 10.4. The SMILES string of the molecule is Cc1cccc(N2C(=O)CSC23CCN(C(=O)C2CCCC2)CC3)c1. The number of benzene rings is 1. The fourth-order valence-electron chi connectivity index (χ4n) is 4.57. The fraction of sp³-hybridized carbons (Fsp3) is 0.600. The number of rotatable bonds is 2. The van der Waals surface area contributed by atoms with Crippen molar-refractivity contribution in [2.45, 2.75) is 50.3 Å². The molecule has 3 aliphatic rings. The number of amides is 2. The first-order valence-electron chi connectivity index (χ1n) is 9.42. The average molecular weight is 359 g/mol. The van der Waals surface area contributed by atoms with Crippen molar-refractivity contribution in [1.29, 1.82) is 0 Å². The zero-order valence-corrected chi connectivity index (χ0v) is 15.7. The maximum absolute atomic E-state index is 12.7. The van der Waals surface area contributed by atoms with E-state index in [1.54, 1.807) is 11.8 Å². The van der Waals surface area contributed by atoms with Crippen molar-refractivity contribution in [2.24, 2.45) is 5.92 Å². The van der Waals surface area contributed by atoms with Crippen LogP contribution in [-0.2, 0) is 9.59 Å². The zero-order valence-electron chi connectivity index (χ0n) is 14.9. The van der Waals surface area contributed by atoms with Crippen LogP contribution in [-0.4, -0.2) is 40.4 Å². The molecule has 2 heterocycles. The summed E-state index contributed by atoms with van der Waals surface area (Å²) in [5.74, 6) is 1.35. The molecule has 4 rings (SSSR count). The highest BCUT2D eigenvalue weighted by atomic mass is 32.2. The average Bonchev–Trinajstić information content (AvgIpc) is 3.24. The number of carbonyl (C=O) groups is 2. The minimum absolute atomic E-state index is 0.169. The zero-order chi connectivity index (χ0) is 17.4. The Hall–Kier alpha value is -1.49. The van der Waals surface area contributed by atoms with Crippen LogP contribution in [0.15, 0.2) is 24.3 Å². The van der Waals surface area contributed by atoms with E-state index in [4.69, 9.17) is 0 Å². The molecule has 0 N–H and O–H groups in total. The van der Waals surface area contributed by atoms with Gasteiger partial charge in [0.25, 0.3) is 0 Å². The molecule has 5 heteroatoms. The Morgan fingerprint density at radius 3 is 2.60 bits per heavy atom. The Morgan fingerprint density at radius 1 is 1.20 bits per heavy atom. The van der Waals surface area contributed by atoms with Gasteiger partial charge in [-0.25, -0.2) is 0 Å². The smallest absolute Gasteiger partial charge is 0.238 e. The highest BCUT2D eigenvalue weighted by Crippen LogP contribution is 2.47. The third-order valence-electron chi connectivity index (χ3n) is 5.94. The first kappa shape index (κ1) is 17.0. The fourth-order valence-corrected chi connectivity index (χ4v) is 5.90. The normalized spacial score (nSPS) is 23.6. The van der Waals surface area contributed by atoms with Crippen LogP contribution in [0.2, 0.25) is 0 Å². The number of aryl methyl sites for hydroxylation is 1. The van der Waals surface area contributed by atoms with Gasteiger partial charge in [0.15, 0.2) is 0 Å². The van der Waals surface area contributed by atoms with E-state index >= 15 is 0 Å². The van der Waals surface area contributed by atoms with E-state index in [-0.39, 0.29) is 16.7 Å². The van der Waals surface area contributed by atoms with Gasteiger partial charge in [0.2, 0.25) is 11.8 Å². The molecule has 1 aliphatic carbocycles. The number of nitrogens with zero attached hydrogens (tertiary/aromatic N) is 2. The summed E-state index contributed by atoms with van der Waals surface area (Å²) in [4.78, 5) is 29.2. The summed E-state index contributed by atoms with van der Waals surface area (Å²) in [5, 5.41) is 0. The number of hydrogen-bond donors (Lipinski definition) is 0. The lowest BCUT2D eigenvalue weighted by Gasteiger charge is -2.44. The second-order valence-corrected chi connectivity index (χ2v) is 8.95. The van der Waals surface area contributed by atoms with Gasteiger partial charge in [0.1, 0.15) is 0 Å². The molecule has 2 aliphatic heterocycles. The van der Waals surface area contributed by atoms with Gasteiger partial charge >= 0.3 is 0 Å². The van der Waals surface area contributed by atoms with Gasteiger partial charge in [-0.2, -0.15) is 0 Å². The number of likely N-dealkylation sites (tertiary alicyclic amines) is 1. The van der Waals surface area contributed by atoms with E-state index in [9.17, 15) is 9.59 Å². The van der Waals surface area contributed by atoms with E-state index in [1.165, 1.54) is 18.4 Å². The summed E-state index contributed by atoms with van der Waals surface area (Å²) in [5.41, 5.74) is 2.18. The Kier molecular flexibility index (Phi) is 4.52. The molecule has 1 aromatic rings. The Bertz CT molecular complexity index is 676. The molecule has 1 spiro atoms. The quantitative estimate of drug-likeness (QED) is 0.811. The molecule has 4 nitrogen and oxygen atoms in total. The molecule has 0 bridgehead atoms. The Balaban J connectivity index is 1.50. The summed E-state index contributed by atoms with van der Waals surface area (Å²) in [6, 6.07) is 8.22. The van der Waals surface area contributed by atoms with Crippen molar-refractivity contribution < 1.29 is 9.59 Å². The van der Waals surface area contributed by atoms with Gasteiger partial charge in [0, 0.05) is 24.7 Å². The van der Waals surface area contributed by atoms with Crippen molar-refractivity contribution in [3.05, 3.63) is 29.8 Å². The number of hydrogen-bond acceptors (Lipinski definition) is 3. The van der Waals surface area contributed by atoms with E-state index in [0.717, 1.165) is 44.5 Å². The number of thioether (sulfide) groups is 1. The van der Waals surface area contributed by atoms with Crippen molar-refractivity contribution in [1.82, 2.24) is 4.90 Å². The third-order valence-corrected chi connectivity index (χ3v) is 7.46. The molecule has 1 aromatic carbocycles. The highest BCUT2D eigenvalue weighted by Gasteiger charge is 2.49. The third kappa shape index (κ3) is 3.07. The molecule has 0 unspecified atom stereocenters. The van der Waals surface area contributed by atoms with Gasteiger partial charge in [0.05, 0.1) is 10.6 Å². The number of anilines is 1. The van der Waals surface area contributed by atoms with Crippen LogP contribution in [0.5, 0.6) is 0 Å². The van der Waals surface area contributed by atoms with Crippen molar-refractivity contribution in [2.75, 3.05) is 23.7 Å². The highest BCUT2D eigenvalue weighted by molar-refractivity contribution is 8.02. The number of piperidine rings is 1. The van der Waals surface area contributed by atoms with E-state index in [0.29, 0.717) is 11.7 Å². The van der Waals surface area contributed by atoms with Gasteiger partial charge in [-0.1, -0.05) is 25.0 Å². The molecule has 0 aromatic heterocycles. The van der Waals surface area contributed by atoms with Gasteiger partial charge in [-0.15, -0.1) is 11.8 Å². The van der Waals surface area contributed by atoms with Gasteiger partial charge < -0.3 is 4.90 Å². The molecule has 2 amide bonds. The van der Waals surface area contributed by atoms with Gasteiger partial charge in [-0.3, -0.25) is 14.5 Å². The van der Waals surface area contributed by atoms with Crippen molar-refractivity contribution in [3.63, 3.8) is 0 Å². The van der Waals surface area contributed by atoms with Crippen molar-refractivity contribution in [3.8, 4) is 0 Å². The largest absolute Gasteiger partial charge is 0.342 e. The van der Waals surface area contributed by atoms with Crippen LogP contribution in [0.4, 0.5) is 5.69 Å².